The van der Waals surface area contributed by atoms with Gasteiger partial charge in [-0.05, 0) is 132 Å². The van der Waals surface area contributed by atoms with Crippen LogP contribution in [0.15, 0.2) is 120 Å². The fraction of sp³-hybridized carbons (Fsp3) is 0.304. The van der Waals surface area contributed by atoms with Gasteiger partial charge < -0.3 is 14.4 Å². The smallest absolute Gasteiger partial charge is 0.216 e. The molecule has 5 heteroatoms. The van der Waals surface area contributed by atoms with Crippen LogP contribution in [0.25, 0.3) is 66.8 Å². The first-order valence-electron chi connectivity index (χ1n) is 27.7. The first-order chi connectivity index (χ1) is 34.7. The molecule has 313 valence electrons. The minimum atomic E-state index is -2.61. The van der Waals surface area contributed by atoms with E-state index in [0.29, 0.717) is 62.7 Å². The van der Waals surface area contributed by atoms with Crippen LogP contribution in [0, 0.1) is 50.4 Å². The number of rotatable bonds is 6. The van der Waals surface area contributed by atoms with E-state index in [1.165, 1.54) is 24.4 Å². The molecule has 0 amide bonds. The van der Waals surface area contributed by atoms with Crippen LogP contribution in [0.1, 0.15) is 120 Å². The van der Waals surface area contributed by atoms with Crippen molar-refractivity contribution in [1.82, 2.24) is 15.0 Å². The average Bonchev–Trinajstić information content (AvgIpc) is 3.72. The summed E-state index contributed by atoms with van der Waals surface area (Å²) >= 11 is 0. The maximum atomic E-state index is 9.24. The van der Waals surface area contributed by atoms with Gasteiger partial charge in [-0.3, -0.25) is 0 Å². The number of fused-ring (bicyclic) bond motifs is 3. The summed E-state index contributed by atoms with van der Waals surface area (Å²) in [6.45, 7) is 0.0402. The predicted molar refractivity (Wildman–Crippen MR) is 250 cm³/mol. The van der Waals surface area contributed by atoms with Crippen molar-refractivity contribution in [3.63, 3.8) is 0 Å². The van der Waals surface area contributed by atoms with Crippen LogP contribution in [-0.4, -0.2) is 15.0 Å². The molecule has 0 N–H and O–H groups in total. The molecule has 4 aromatic heterocycles. The summed E-state index contributed by atoms with van der Waals surface area (Å²) in [6.07, 6.45) is 4.13. The Bertz CT molecular complexity index is 3380. The van der Waals surface area contributed by atoms with Gasteiger partial charge in [-0.15, -0.1) is 47.5 Å². The third-order valence-corrected chi connectivity index (χ3v) is 11.0. The molecule has 4 aromatic carbocycles. The quantitative estimate of drug-likeness (QED) is 0.156. The van der Waals surface area contributed by atoms with E-state index in [4.69, 9.17) is 23.6 Å². The van der Waals surface area contributed by atoms with Crippen molar-refractivity contribution in [2.45, 2.75) is 100.0 Å². The molecule has 0 bridgehead atoms. The normalized spacial score (nSPS) is 19.3. The largest absolute Gasteiger partial charge is 0.486 e. The van der Waals surface area contributed by atoms with Crippen molar-refractivity contribution >= 4 is 22.1 Å². The van der Waals surface area contributed by atoms with E-state index in [1.807, 2.05) is 51.1 Å². The fourth-order valence-corrected chi connectivity index (χ4v) is 7.70. The van der Waals surface area contributed by atoms with Crippen LogP contribution in [0.3, 0.4) is 0 Å². The van der Waals surface area contributed by atoms with Gasteiger partial charge in [-0.25, -0.2) is 4.98 Å². The molecule has 0 aliphatic heterocycles. The van der Waals surface area contributed by atoms with E-state index in [0.717, 1.165) is 18.4 Å². The van der Waals surface area contributed by atoms with E-state index < -0.39 is 45.1 Å². The molecule has 1 fully saturated rings. The van der Waals surface area contributed by atoms with Crippen LogP contribution in [0.4, 0.5) is 0 Å². The molecular weight excluding hydrogens is 923 g/mol. The molecule has 1 radical (unpaired) electrons. The van der Waals surface area contributed by atoms with Crippen molar-refractivity contribution in [3.8, 4) is 44.8 Å². The first-order valence-corrected chi connectivity index (χ1v) is 20.2. The van der Waals surface area contributed by atoms with Crippen molar-refractivity contribution < 1.29 is 45.1 Å². The van der Waals surface area contributed by atoms with Crippen molar-refractivity contribution in [2.24, 2.45) is 10.8 Å². The number of pyridine rings is 3. The van der Waals surface area contributed by atoms with Gasteiger partial charge in [0.2, 0.25) is 5.71 Å². The van der Waals surface area contributed by atoms with Gasteiger partial charge in [-0.1, -0.05) is 125 Å². The van der Waals surface area contributed by atoms with Crippen LogP contribution in [-0.2, 0) is 26.5 Å². The number of nitrogens with zero attached hydrogens (tertiary/aromatic N) is 3. The zero-order valence-electron chi connectivity index (χ0n) is 49.9. The van der Waals surface area contributed by atoms with Gasteiger partial charge in [-0.2, -0.15) is 0 Å². The van der Waals surface area contributed by atoms with Crippen molar-refractivity contribution in [3.05, 3.63) is 161 Å². The Morgan fingerprint density at radius 2 is 1.56 bits per heavy atom. The maximum Gasteiger partial charge on any atom is 0.216 e. The second-order valence-electron chi connectivity index (χ2n) is 17.2. The van der Waals surface area contributed by atoms with Gasteiger partial charge in [0.15, 0.2) is 0 Å². The Hall–Kier alpha value is -5.22. The Morgan fingerprint density at radius 3 is 2.28 bits per heavy atom. The summed E-state index contributed by atoms with van der Waals surface area (Å²) in [5, 5.41) is 1.23. The van der Waals surface area contributed by atoms with Crippen LogP contribution >= 0.6 is 0 Å². The third-order valence-electron chi connectivity index (χ3n) is 11.0. The minimum Gasteiger partial charge on any atom is -0.486 e. The molecule has 61 heavy (non-hydrogen) atoms. The van der Waals surface area contributed by atoms with Crippen LogP contribution < -0.4 is 0 Å². The molecule has 1 aliphatic rings. The van der Waals surface area contributed by atoms with E-state index >= 15 is 0 Å². The second-order valence-corrected chi connectivity index (χ2v) is 17.2. The number of aryl methyl sites for hydroxylation is 4. The molecule has 4 nitrogen and oxygen atoms in total. The zero-order valence-corrected chi connectivity index (χ0v) is 37.3. The number of hydrogen-bond acceptors (Lipinski definition) is 4. The summed E-state index contributed by atoms with van der Waals surface area (Å²) in [6, 6.07) is 35.3. The number of aromatic nitrogens is 3. The molecule has 0 atom stereocenters. The van der Waals surface area contributed by atoms with Gasteiger partial charge in [0.1, 0.15) is 0 Å². The minimum absolute atomic E-state index is 0. The Kier molecular flexibility index (Phi) is 8.39. The topological polar surface area (TPSA) is 51.8 Å². The number of furan rings is 1. The fourth-order valence-electron chi connectivity index (χ4n) is 7.70. The van der Waals surface area contributed by atoms with E-state index in [2.05, 4.69) is 40.9 Å². The van der Waals surface area contributed by atoms with Gasteiger partial charge >= 0.3 is 0 Å². The molecule has 1 saturated carbocycles. The zero-order chi connectivity index (χ0) is 54.9. The first kappa shape index (κ1) is 28.4. The summed E-state index contributed by atoms with van der Waals surface area (Å²) in [7, 11) is 0. The SMILES string of the molecule is [2H]C([2H])([2H])c1c[c-]c(-c2ccc(C([2H])([2H])C(C)(C)C)cn2)cc1-c1ccccc1.[2H]C([2H])([2H])c1ccc2c(n1)oc1c(-c3cc(-c4ccc(C5([2H])CCC(C)(C)CC5)cc4C([2H])([2H])[2H])c(C([2H])([2H])[2H])cn3)[c-]ccc12.[Ir]. The molecule has 0 unspecified atom stereocenters. The molecule has 1 aliphatic carbocycles. The Balaban J connectivity index is 0.000000242. The van der Waals surface area contributed by atoms with Crippen LogP contribution in [0.5, 0.6) is 0 Å². The standard InChI is InChI=1S/C33H33N2O.C23H24N.Ir/c1-20-17-24(23-13-15-33(4,5)16-14-23)10-12-25(20)29-18-30(34-19-21(29)2)28-8-6-7-26-27-11-9-22(3)35-32(27)36-31(26)28;1-17-10-12-20(14-21(17)19-8-6-5-7-9-19)22-13-11-18(16-24-22)15-23(2,3)4;/h6-7,9-12,17-19,23H,13-16H2,1-5H3;5-11,13-14,16H,15H2,1-4H3;/q2*-1;/i1D3,2D3,3D3,23D;1D3,15D2;. The summed E-state index contributed by atoms with van der Waals surface area (Å²) in [5.74, 6) is -0.941. The molecule has 4 heterocycles. The molecule has 0 spiro atoms. The molecule has 0 saturated heterocycles. The average molecular weight is 995 g/mol. The molecule has 9 rings (SSSR count). The van der Waals surface area contributed by atoms with Crippen molar-refractivity contribution in [1.29, 1.82) is 0 Å². The van der Waals surface area contributed by atoms with E-state index in [9.17, 15) is 1.37 Å². The number of benzene rings is 4. The van der Waals surface area contributed by atoms with Gasteiger partial charge in [0, 0.05) is 64.1 Å². The monoisotopic (exact) mass is 996 g/mol. The van der Waals surface area contributed by atoms with Gasteiger partial charge in [0.25, 0.3) is 0 Å². The van der Waals surface area contributed by atoms with Crippen LogP contribution in [0.2, 0.25) is 0 Å². The Morgan fingerprint density at radius 1 is 0.770 bits per heavy atom. The number of hydrogen-bond donors (Lipinski definition) is 0. The molecule has 8 aromatic rings. The summed E-state index contributed by atoms with van der Waals surface area (Å²) in [5.41, 5.74) is 4.89. The summed E-state index contributed by atoms with van der Waals surface area (Å²) < 4.78 is 129. The van der Waals surface area contributed by atoms with E-state index in [1.54, 1.807) is 60.8 Å². The second kappa shape index (κ2) is 18.0. The van der Waals surface area contributed by atoms with Gasteiger partial charge in [0.05, 0.1) is 5.58 Å². The van der Waals surface area contributed by atoms with Crippen molar-refractivity contribution in [2.75, 3.05) is 0 Å². The molecular formula is C56H57IrN3O-2. The predicted octanol–water partition coefficient (Wildman–Crippen LogP) is 15.2. The summed E-state index contributed by atoms with van der Waals surface area (Å²) in [4.78, 5) is 13.1. The Labute approximate surface area is 397 Å². The van der Waals surface area contributed by atoms with E-state index in [-0.39, 0.29) is 70.4 Å². The maximum absolute atomic E-state index is 9.24. The third kappa shape index (κ3) is 9.96.